The normalized spacial score (nSPS) is 16.3. The van der Waals surface area contributed by atoms with Crippen molar-refractivity contribution in [1.82, 2.24) is 14.5 Å². The predicted octanol–water partition coefficient (Wildman–Crippen LogP) is 3.11. The van der Waals surface area contributed by atoms with Gasteiger partial charge in [-0.25, -0.2) is 4.79 Å². The summed E-state index contributed by atoms with van der Waals surface area (Å²) in [5.41, 5.74) is 0.191. The lowest BCUT2D eigenvalue weighted by Gasteiger charge is -2.33. The highest BCUT2D eigenvalue weighted by atomic mass is 16.5. The van der Waals surface area contributed by atoms with Crippen molar-refractivity contribution >= 4 is 5.91 Å². The lowest BCUT2D eigenvalue weighted by Crippen LogP contribution is -2.44. The topological polar surface area (TPSA) is 84.4 Å². The molecule has 3 aromatic rings. The third-order valence-electron chi connectivity index (χ3n) is 5.28. The van der Waals surface area contributed by atoms with Crippen molar-refractivity contribution < 1.29 is 9.53 Å². The first-order valence-electron chi connectivity index (χ1n) is 9.95. The number of carbonyl (C=O) groups is 1. The Morgan fingerprint density at radius 2 is 1.83 bits per heavy atom. The molecule has 0 spiro atoms. The van der Waals surface area contributed by atoms with E-state index in [4.69, 9.17) is 4.74 Å². The fourth-order valence-corrected chi connectivity index (χ4v) is 3.72. The molecule has 0 radical (unpaired) electrons. The van der Waals surface area contributed by atoms with Crippen molar-refractivity contribution in [3.05, 3.63) is 92.8 Å². The number of likely N-dealkylation sites (tertiary alicyclic amines) is 1. The minimum atomic E-state index is -0.442. The first kappa shape index (κ1) is 19.7. The highest BCUT2D eigenvalue weighted by molar-refractivity contribution is 5.94. The number of ether oxygens (including phenoxy) is 1. The average molecular weight is 405 g/mol. The molecule has 7 nitrogen and oxygen atoms in total. The number of aryl methyl sites for hydroxylation is 1. The minimum Gasteiger partial charge on any atom is -0.457 e. The number of carbonyl (C=O) groups excluding carboxylic acids is 1. The van der Waals surface area contributed by atoms with E-state index >= 15 is 0 Å². The van der Waals surface area contributed by atoms with Crippen molar-refractivity contribution in [2.24, 2.45) is 0 Å². The van der Waals surface area contributed by atoms with Crippen LogP contribution >= 0.6 is 0 Å². The number of piperidine rings is 1. The molecule has 1 saturated heterocycles. The van der Waals surface area contributed by atoms with Crippen molar-refractivity contribution in [3.8, 4) is 11.5 Å². The van der Waals surface area contributed by atoms with Gasteiger partial charge in [-0.3, -0.25) is 19.1 Å². The maximum atomic E-state index is 13.1. The van der Waals surface area contributed by atoms with Crippen molar-refractivity contribution in [3.63, 3.8) is 0 Å². The first-order valence-corrected chi connectivity index (χ1v) is 9.95. The number of aromatic amines is 1. The number of nitrogens with one attached hydrogen (secondary N) is 1. The zero-order valence-corrected chi connectivity index (χ0v) is 16.7. The van der Waals surface area contributed by atoms with Crippen molar-refractivity contribution in [1.29, 1.82) is 0 Å². The second-order valence-corrected chi connectivity index (χ2v) is 7.47. The first-order chi connectivity index (χ1) is 14.5. The highest BCUT2D eigenvalue weighted by Crippen LogP contribution is 2.25. The van der Waals surface area contributed by atoms with Gasteiger partial charge < -0.3 is 9.64 Å². The van der Waals surface area contributed by atoms with Gasteiger partial charge in [0.1, 0.15) is 11.5 Å². The summed E-state index contributed by atoms with van der Waals surface area (Å²) in [6, 6.07) is 16.3. The minimum absolute atomic E-state index is 0.104. The molecule has 30 heavy (non-hydrogen) atoms. The summed E-state index contributed by atoms with van der Waals surface area (Å²) in [4.78, 5) is 41.1. The zero-order chi connectivity index (χ0) is 21.1. The summed E-state index contributed by atoms with van der Waals surface area (Å²) in [6.07, 6.45) is 3.13. The van der Waals surface area contributed by atoms with E-state index in [0.29, 0.717) is 35.7 Å². The lowest BCUT2D eigenvalue weighted by atomic mass is 10.0. The summed E-state index contributed by atoms with van der Waals surface area (Å²) < 4.78 is 7.37. The van der Waals surface area contributed by atoms with Crippen LogP contribution in [-0.2, 0) is 0 Å². The molecular formula is C23H23N3O4. The molecule has 1 atom stereocenters. The molecular weight excluding hydrogens is 382 g/mol. The molecule has 7 heteroatoms. The van der Waals surface area contributed by atoms with Crippen LogP contribution in [0.3, 0.4) is 0 Å². The maximum absolute atomic E-state index is 13.1. The van der Waals surface area contributed by atoms with E-state index in [1.54, 1.807) is 36.2 Å². The molecule has 154 valence electrons. The summed E-state index contributed by atoms with van der Waals surface area (Å²) in [5.74, 6) is 1.19. The highest BCUT2D eigenvalue weighted by Gasteiger charge is 2.26. The second kappa shape index (κ2) is 8.41. The standard InChI is InChI=1S/C23H23N3O4/c1-16-14-26(23(29)24-21(16)27)18-8-6-12-25(15-18)22(28)17-7-5-11-20(13-17)30-19-9-3-2-4-10-19/h2-5,7,9-11,13-14,18H,6,8,12,15H2,1H3,(H,24,27,29). The average Bonchev–Trinajstić information content (AvgIpc) is 2.77. The molecule has 0 bridgehead atoms. The third kappa shape index (κ3) is 4.20. The molecule has 1 N–H and O–H groups in total. The van der Waals surface area contributed by atoms with Gasteiger partial charge in [-0.2, -0.15) is 0 Å². The fourth-order valence-electron chi connectivity index (χ4n) is 3.72. The van der Waals surface area contributed by atoms with Gasteiger partial charge in [0.05, 0.1) is 6.04 Å². The second-order valence-electron chi connectivity index (χ2n) is 7.47. The summed E-state index contributed by atoms with van der Waals surface area (Å²) in [7, 11) is 0. The Kier molecular flexibility index (Phi) is 5.52. The van der Waals surface area contributed by atoms with E-state index in [-0.39, 0.29) is 17.5 Å². The number of hydrogen-bond acceptors (Lipinski definition) is 4. The van der Waals surface area contributed by atoms with E-state index in [1.165, 1.54) is 4.57 Å². The molecule has 1 aliphatic heterocycles. The number of aromatic nitrogens is 2. The molecule has 1 unspecified atom stereocenters. The summed E-state index contributed by atoms with van der Waals surface area (Å²) >= 11 is 0. The molecule has 1 aliphatic rings. The smallest absolute Gasteiger partial charge is 0.328 e. The molecule has 2 heterocycles. The third-order valence-corrected chi connectivity index (χ3v) is 5.28. The molecule has 0 saturated carbocycles. The van der Waals surface area contributed by atoms with Gasteiger partial charge in [0, 0.05) is 30.4 Å². The predicted molar refractivity (Wildman–Crippen MR) is 113 cm³/mol. The lowest BCUT2D eigenvalue weighted by molar-refractivity contribution is 0.0676. The van der Waals surface area contributed by atoms with Gasteiger partial charge in [0.2, 0.25) is 0 Å². The fraction of sp³-hybridized carbons (Fsp3) is 0.261. The van der Waals surface area contributed by atoms with E-state index in [2.05, 4.69) is 4.98 Å². The summed E-state index contributed by atoms with van der Waals surface area (Å²) in [5, 5.41) is 0. The number of amides is 1. The van der Waals surface area contributed by atoms with Gasteiger partial charge in [-0.1, -0.05) is 24.3 Å². The van der Waals surface area contributed by atoms with Crippen LogP contribution in [0.15, 0.2) is 70.4 Å². The van der Waals surface area contributed by atoms with Crippen LogP contribution < -0.4 is 16.0 Å². The Morgan fingerprint density at radius 1 is 1.07 bits per heavy atom. The number of H-pyrrole nitrogens is 1. The van der Waals surface area contributed by atoms with Crippen LogP contribution in [0.2, 0.25) is 0 Å². The number of rotatable bonds is 4. The molecule has 2 aromatic carbocycles. The van der Waals surface area contributed by atoms with Gasteiger partial charge in [-0.05, 0) is 50.1 Å². The molecule has 1 fully saturated rings. The Labute approximate surface area is 173 Å². The number of hydrogen-bond donors (Lipinski definition) is 1. The van der Waals surface area contributed by atoms with E-state index in [1.807, 2.05) is 36.4 Å². The Hall–Kier alpha value is -3.61. The van der Waals surface area contributed by atoms with E-state index in [0.717, 1.165) is 12.8 Å². The van der Waals surface area contributed by atoms with E-state index in [9.17, 15) is 14.4 Å². The van der Waals surface area contributed by atoms with Gasteiger partial charge in [0.25, 0.3) is 11.5 Å². The number of para-hydroxylation sites is 1. The van der Waals surface area contributed by atoms with Crippen molar-refractivity contribution in [2.75, 3.05) is 13.1 Å². The monoisotopic (exact) mass is 405 g/mol. The van der Waals surface area contributed by atoms with E-state index < -0.39 is 5.69 Å². The Morgan fingerprint density at radius 3 is 2.63 bits per heavy atom. The number of benzene rings is 2. The van der Waals surface area contributed by atoms with Gasteiger partial charge in [0.15, 0.2) is 0 Å². The Bertz CT molecular complexity index is 1170. The van der Waals surface area contributed by atoms with Gasteiger partial charge >= 0.3 is 5.69 Å². The number of nitrogens with zero attached hydrogens (tertiary/aromatic N) is 2. The van der Waals surface area contributed by atoms with Crippen LogP contribution in [0.1, 0.15) is 34.8 Å². The molecule has 0 aliphatic carbocycles. The van der Waals surface area contributed by atoms with Crippen molar-refractivity contribution in [2.45, 2.75) is 25.8 Å². The van der Waals surface area contributed by atoms with Crippen LogP contribution in [-0.4, -0.2) is 33.4 Å². The molecule has 1 amide bonds. The molecule has 4 rings (SSSR count). The summed E-state index contributed by atoms with van der Waals surface area (Å²) in [6.45, 7) is 2.70. The largest absolute Gasteiger partial charge is 0.457 e. The van der Waals surface area contributed by atoms with Crippen LogP contribution in [0.5, 0.6) is 11.5 Å². The van der Waals surface area contributed by atoms with Crippen LogP contribution in [0, 0.1) is 6.92 Å². The van der Waals surface area contributed by atoms with Crippen LogP contribution in [0.4, 0.5) is 0 Å². The maximum Gasteiger partial charge on any atom is 0.328 e. The quantitative estimate of drug-likeness (QED) is 0.723. The molecule has 1 aromatic heterocycles. The SMILES string of the molecule is Cc1cn(C2CCCN(C(=O)c3cccc(Oc4ccccc4)c3)C2)c(=O)[nH]c1=O. The van der Waals surface area contributed by atoms with Crippen LogP contribution in [0.25, 0.3) is 0 Å². The van der Waals surface area contributed by atoms with Gasteiger partial charge in [-0.15, -0.1) is 0 Å². The Balaban J connectivity index is 1.52. The zero-order valence-electron chi connectivity index (χ0n) is 16.7.